The average Bonchev–Trinajstić information content (AvgIpc) is 2.93. The predicted molar refractivity (Wildman–Crippen MR) is 107 cm³/mol. The first-order valence-corrected chi connectivity index (χ1v) is 8.39. The van der Waals surface area contributed by atoms with Gasteiger partial charge in [-0.25, -0.2) is 9.48 Å². The number of halogens is 2. The van der Waals surface area contributed by atoms with Crippen molar-refractivity contribution in [3.05, 3.63) is 58.3 Å². The highest BCUT2D eigenvalue weighted by Crippen LogP contribution is 2.22. The average molecular weight is 385 g/mol. The maximum atomic E-state index is 12.5. The van der Waals surface area contributed by atoms with Crippen molar-refractivity contribution in [2.75, 3.05) is 13.1 Å². The Bertz CT molecular complexity index is 718. The van der Waals surface area contributed by atoms with Crippen LogP contribution in [0.15, 0.2) is 41.2 Å². The number of rotatable bonds is 5. The highest BCUT2D eigenvalue weighted by Gasteiger charge is 2.22. The first-order chi connectivity index (χ1) is 11.3. The lowest BCUT2D eigenvalue weighted by Gasteiger charge is -2.21. The highest BCUT2D eigenvalue weighted by atomic mass is 35.5. The Morgan fingerprint density at radius 2 is 1.88 bits per heavy atom. The lowest BCUT2D eigenvalue weighted by Crippen LogP contribution is -2.29. The zero-order valence-electron chi connectivity index (χ0n) is 14.4. The number of allylic oxidation sites excluding steroid dienone is 1. The lowest BCUT2D eigenvalue weighted by atomic mass is 9.97. The molecule has 0 bridgehead atoms. The van der Waals surface area contributed by atoms with Gasteiger partial charge in [0, 0.05) is 12.5 Å². The van der Waals surface area contributed by atoms with Crippen LogP contribution in [0, 0.1) is 0 Å². The molecule has 2 aromatic rings. The van der Waals surface area contributed by atoms with Crippen LogP contribution in [0.3, 0.4) is 0 Å². The molecule has 0 unspecified atom stereocenters. The first kappa shape index (κ1) is 21.5. The van der Waals surface area contributed by atoms with Crippen molar-refractivity contribution < 1.29 is 0 Å². The van der Waals surface area contributed by atoms with Crippen LogP contribution < -0.4 is 11.0 Å². The monoisotopic (exact) mass is 384 g/mol. The Hall–Kier alpha value is -1.56. The summed E-state index contributed by atoms with van der Waals surface area (Å²) in [5, 5.41) is 7.99. The number of benzene rings is 1. The molecule has 1 aromatic heterocycles. The molecule has 5 nitrogen and oxygen atoms in total. The molecule has 0 atom stereocenters. The topological polar surface area (TPSA) is 51.9 Å². The smallest absolute Gasteiger partial charge is 0.317 e. The third-order valence-electron chi connectivity index (χ3n) is 4.36. The Labute approximate surface area is 160 Å². The van der Waals surface area contributed by atoms with Gasteiger partial charge >= 0.3 is 5.69 Å². The van der Waals surface area contributed by atoms with E-state index in [4.69, 9.17) is 0 Å². The van der Waals surface area contributed by atoms with E-state index in [9.17, 15) is 4.79 Å². The van der Waals surface area contributed by atoms with E-state index in [0.29, 0.717) is 19.0 Å². The summed E-state index contributed by atoms with van der Waals surface area (Å²) in [6.45, 7) is 5.21. The van der Waals surface area contributed by atoms with E-state index in [0.717, 1.165) is 37.3 Å². The highest BCUT2D eigenvalue weighted by molar-refractivity contribution is 5.85. The van der Waals surface area contributed by atoms with Gasteiger partial charge in [-0.1, -0.05) is 42.5 Å². The summed E-state index contributed by atoms with van der Waals surface area (Å²) in [6, 6.07) is 10.1. The summed E-state index contributed by atoms with van der Waals surface area (Å²) < 4.78 is 3.41. The van der Waals surface area contributed by atoms with E-state index in [-0.39, 0.29) is 30.5 Å². The fraction of sp³-hybridized carbons (Fsp3) is 0.444. The minimum atomic E-state index is -0.00116. The van der Waals surface area contributed by atoms with Crippen molar-refractivity contribution in [3.63, 3.8) is 0 Å². The van der Waals surface area contributed by atoms with E-state index < -0.39 is 0 Å². The molecule has 2 heterocycles. The van der Waals surface area contributed by atoms with Gasteiger partial charge in [0.2, 0.25) is 0 Å². The number of piperidine rings is 1. The normalized spacial score (nSPS) is 14.9. The molecule has 1 saturated heterocycles. The Morgan fingerprint density at radius 1 is 1.20 bits per heavy atom. The van der Waals surface area contributed by atoms with Gasteiger partial charge in [0.1, 0.15) is 5.82 Å². The van der Waals surface area contributed by atoms with Crippen LogP contribution in [0.1, 0.15) is 37.1 Å². The molecule has 0 radical (unpaired) electrons. The quantitative estimate of drug-likeness (QED) is 0.861. The van der Waals surface area contributed by atoms with Crippen molar-refractivity contribution in [2.24, 2.45) is 0 Å². The summed E-state index contributed by atoms with van der Waals surface area (Å²) >= 11 is 0. The largest absolute Gasteiger partial charge is 0.346 e. The van der Waals surface area contributed by atoms with Gasteiger partial charge < -0.3 is 5.32 Å². The number of hydrogen-bond acceptors (Lipinski definition) is 3. The third kappa shape index (κ3) is 5.21. The summed E-state index contributed by atoms with van der Waals surface area (Å²) in [5.41, 5.74) is 1.13. The SMILES string of the molecule is CCn1c(C2CCNCC2)nn(C/C=C/c2ccccc2)c1=O.Cl.Cl. The van der Waals surface area contributed by atoms with Crippen LogP contribution in [0.4, 0.5) is 0 Å². The molecule has 7 heteroatoms. The first-order valence-electron chi connectivity index (χ1n) is 8.39. The molecule has 1 aliphatic heterocycles. The Morgan fingerprint density at radius 3 is 2.52 bits per heavy atom. The molecule has 0 saturated carbocycles. The number of aromatic nitrogens is 3. The Kier molecular flexibility index (Phi) is 8.97. The standard InChI is InChI=1S/C18H24N4O.2ClH/c1-2-21-17(16-10-12-19-13-11-16)20-22(18(21)23)14-6-9-15-7-4-3-5-8-15;;/h3-9,16,19H,2,10-14H2,1H3;2*1H/b9-6+;;. The van der Waals surface area contributed by atoms with Crippen molar-refractivity contribution in [3.8, 4) is 0 Å². The van der Waals surface area contributed by atoms with Crippen LogP contribution in [-0.4, -0.2) is 27.4 Å². The molecule has 3 rings (SSSR count). The lowest BCUT2D eigenvalue weighted by molar-refractivity contribution is 0.429. The molecule has 25 heavy (non-hydrogen) atoms. The molecular formula is C18H26Cl2N4O. The fourth-order valence-corrected chi connectivity index (χ4v) is 3.11. The fourth-order valence-electron chi connectivity index (χ4n) is 3.11. The zero-order chi connectivity index (χ0) is 16.1. The summed E-state index contributed by atoms with van der Waals surface area (Å²) in [6.07, 6.45) is 6.13. The second-order valence-corrected chi connectivity index (χ2v) is 5.90. The van der Waals surface area contributed by atoms with E-state index in [2.05, 4.69) is 10.4 Å². The van der Waals surface area contributed by atoms with Crippen LogP contribution >= 0.6 is 24.8 Å². The maximum Gasteiger partial charge on any atom is 0.346 e. The van der Waals surface area contributed by atoms with Crippen LogP contribution in [0.5, 0.6) is 0 Å². The number of nitrogens with one attached hydrogen (secondary N) is 1. The maximum absolute atomic E-state index is 12.5. The number of nitrogens with zero attached hydrogens (tertiary/aromatic N) is 3. The Balaban J connectivity index is 0.00000156. The van der Waals surface area contributed by atoms with Gasteiger partial charge in [-0.2, -0.15) is 5.10 Å². The molecule has 0 spiro atoms. The van der Waals surface area contributed by atoms with Crippen molar-refractivity contribution in [1.29, 1.82) is 0 Å². The molecule has 0 aliphatic carbocycles. The molecular weight excluding hydrogens is 359 g/mol. The second-order valence-electron chi connectivity index (χ2n) is 5.90. The predicted octanol–water partition coefficient (Wildman–Crippen LogP) is 3.09. The van der Waals surface area contributed by atoms with Crippen molar-refractivity contribution in [1.82, 2.24) is 19.7 Å². The van der Waals surface area contributed by atoms with Crippen molar-refractivity contribution >= 4 is 30.9 Å². The summed E-state index contributed by atoms with van der Waals surface area (Å²) in [7, 11) is 0. The van der Waals surface area contributed by atoms with Crippen molar-refractivity contribution in [2.45, 2.75) is 38.8 Å². The minimum Gasteiger partial charge on any atom is -0.317 e. The molecule has 1 aromatic carbocycles. The second kappa shape index (κ2) is 10.4. The van der Waals surface area contributed by atoms with Crippen LogP contribution in [-0.2, 0) is 13.1 Å². The molecule has 138 valence electrons. The van der Waals surface area contributed by atoms with Crippen LogP contribution in [0.2, 0.25) is 0 Å². The van der Waals surface area contributed by atoms with E-state index in [1.165, 1.54) is 0 Å². The summed E-state index contributed by atoms with van der Waals surface area (Å²) in [5.74, 6) is 1.34. The van der Waals surface area contributed by atoms with Gasteiger partial charge in [0.25, 0.3) is 0 Å². The van der Waals surface area contributed by atoms with Gasteiger partial charge in [-0.15, -0.1) is 24.8 Å². The minimum absolute atomic E-state index is 0. The molecule has 1 aliphatic rings. The van der Waals surface area contributed by atoms with Crippen LogP contribution in [0.25, 0.3) is 6.08 Å². The zero-order valence-corrected chi connectivity index (χ0v) is 16.1. The third-order valence-corrected chi connectivity index (χ3v) is 4.36. The van der Waals surface area contributed by atoms with E-state index >= 15 is 0 Å². The molecule has 0 amide bonds. The van der Waals surface area contributed by atoms with Gasteiger partial charge in [0.15, 0.2) is 0 Å². The molecule has 1 fully saturated rings. The number of hydrogen-bond donors (Lipinski definition) is 1. The van der Waals surface area contributed by atoms with Gasteiger partial charge in [-0.3, -0.25) is 4.57 Å². The van der Waals surface area contributed by atoms with Gasteiger partial charge in [-0.05, 0) is 38.4 Å². The van der Waals surface area contributed by atoms with Gasteiger partial charge in [0.05, 0.1) is 6.54 Å². The molecule has 1 N–H and O–H groups in total. The van der Waals surface area contributed by atoms with E-state index in [1.54, 1.807) is 4.68 Å². The summed E-state index contributed by atoms with van der Waals surface area (Å²) in [4.78, 5) is 12.5. The van der Waals surface area contributed by atoms with E-state index in [1.807, 2.05) is 54.0 Å².